The van der Waals surface area contributed by atoms with Crippen molar-refractivity contribution in [2.75, 3.05) is 34.8 Å². The number of aromatic nitrogens is 2. The smallest absolute Gasteiger partial charge is 0.309 e. The van der Waals surface area contributed by atoms with Crippen LogP contribution in [0.2, 0.25) is 0 Å². The number of benzene rings is 1. The largest absolute Gasteiger partial charge is 0.455 e. The Morgan fingerprint density at radius 3 is 2.58 bits per heavy atom. The highest BCUT2D eigenvalue weighted by molar-refractivity contribution is 6.05. The van der Waals surface area contributed by atoms with Crippen LogP contribution in [0.25, 0.3) is 0 Å². The molecule has 162 valence electrons. The van der Waals surface area contributed by atoms with Crippen molar-refractivity contribution in [2.24, 2.45) is 5.92 Å². The summed E-state index contributed by atoms with van der Waals surface area (Å²) in [5, 5.41) is 2.82. The third-order valence-electron chi connectivity index (χ3n) is 5.63. The molecule has 3 heterocycles. The van der Waals surface area contributed by atoms with Gasteiger partial charge in [-0.2, -0.15) is 0 Å². The van der Waals surface area contributed by atoms with Gasteiger partial charge in [-0.15, -0.1) is 0 Å². The minimum absolute atomic E-state index is 0.151. The Morgan fingerprint density at radius 2 is 1.84 bits per heavy atom. The van der Waals surface area contributed by atoms with E-state index in [9.17, 15) is 14.4 Å². The van der Waals surface area contributed by atoms with Crippen molar-refractivity contribution in [1.29, 1.82) is 0 Å². The van der Waals surface area contributed by atoms with Gasteiger partial charge in [0.2, 0.25) is 11.9 Å². The molecule has 31 heavy (non-hydrogen) atoms. The summed E-state index contributed by atoms with van der Waals surface area (Å²) in [7, 11) is 0. The maximum Gasteiger partial charge on any atom is 0.309 e. The van der Waals surface area contributed by atoms with Gasteiger partial charge in [0.15, 0.2) is 6.61 Å². The van der Waals surface area contributed by atoms with E-state index >= 15 is 0 Å². The average Bonchev–Trinajstić information content (AvgIpc) is 2.92. The van der Waals surface area contributed by atoms with Crippen molar-refractivity contribution in [3.8, 4) is 0 Å². The van der Waals surface area contributed by atoms with Gasteiger partial charge in [-0.3, -0.25) is 14.4 Å². The lowest BCUT2D eigenvalue weighted by Gasteiger charge is -2.31. The molecule has 1 N–H and O–H groups in total. The molecule has 2 amide bonds. The lowest BCUT2D eigenvalue weighted by molar-refractivity contribution is -0.152. The molecule has 1 aromatic heterocycles. The van der Waals surface area contributed by atoms with Gasteiger partial charge in [0, 0.05) is 37.9 Å². The number of hydrogen-bond acceptors (Lipinski definition) is 7. The first-order valence-corrected chi connectivity index (χ1v) is 10.4. The van der Waals surface area contributed by atoms with Gasteiger partial charge < -0.3 is 19.9 Å². The zero-order valence-electron chi connectivity index (χ0n) is 17.4. The minimum Gasteiger partial charge on any atom is -0.455 e. The summed E-state index contributed by atoms with van der Waals surface area (Å²) < 4.78 is 5.38. The third-order valence-corrected chi connectivity index (χ3v) is 5.63. The topological polar surface area (TPSA) is 105 Å². The number of amides is 2. The van der Waals surface area contributed by atoms with Gasteiger partial charge in [0.25, 0.3) is 5.91 Å². The monoisotopic (exact) mass is 423 g/mol. The van der Waals surface area contributed by atoms with Crippen molar-refractivity contribution in [2.45, 2.75) is 32.2 Å². The number of anilines is 3. The van der Waals surface area contributed by atoms with Gasteiger partial charge >= 0.3 is 5.97 Å². The molecular formula is C22H25N5O4. The highest BCUT2D eigenvalue weighted by Gasteiger charge is 2.32. The number of piperidine rings is 1. The second-order valence-electron chi connectivity index (χ2n) is 7.80. The molecule has 0 bridgehead atoms. The van der Waals surface area contributed by atoms with Gasteiger partial charge in [-0.1, -0.05) is 12.1 Å². The highest BCUT2D eigenvalue weighted by Crippen LogP contribution is 2.31. The van der Waals surface area contributed by atoms with E-state index < -0.39 is 0 Å². The summed E-state index contributed by atoms with van der Waals surface area (Å²) in [5.41, 5.74) is 1.19. The van der Waals surface area contributed by atoms with Gasteiger partial charge in [-0.25, -0.2) is 9.97 Å². The number of esters is 1. The van der Waals surface area contributed by atoms with Crippen molar-refractivity contribution in [3.63, 3.8) is 0 Å². The predicted octanol–water partition coefficient (Wildman–Crippen LogP) is 2.00. The average molecular weight is 423 g/mol. The Kier molecular flexibility index (Phi) is 6.11. The first-order valence-electron chi connectivity index (χ1n) is 10.4. The number of carbonyl (C=O) groups excluding carboxylic acids is 3. The summed E-state index contributed by atoms with van der Waals surface area (Å²) in [5.74, 6) is -0.473. The maximum absolute atomic E-state index is 12.9. The molecule has 0 saturated carbocycles. The van der Waals surface area contributed by atoms with Crippen LogP contribution >= 0.6 is 0 Å². The van der Waals surface area contributed by atoms with Crippen LogP contribution in [-0.2, 0) is 19.1 Å². The highest BCUT2D eigenvalue weighted by atomic mass is 16.5. The van der Waals surface area contributed by atoms with Crippen LogP contribution in [0.3, 0.4) is 0 Å². The van der Waals surface area contributed by atoms with Gasteiger partial charge in [-0.05, 0) is 38.0 Å². The predicted molar refractivity (Wildman–Crippen MR) is 115 cm³/mol. The molecule has 1 atom stereocenters. The second kappa shape index (κ2) is 9.11. The van der Waals surface area contributed by atoms with Crippen molar-refractivity contribution >= 4 is 35.1 Å². The summed E-state index contributed by atoms with van der Waals surface area (Å²) in [4.78, 5) is 49.6. The molecule has 1 unspecified atom stereocenters. The zero-order chi connectivity index (χ0) is 21.8. The summed E-state index contributed by atoms with van der Waals surface area (Å²) in [6.07, 6.45) is 4.80. The fourth-order valence-electron chi connectivity index (χ4n) is 4.06. The Balaban J connectivity index is 1.34. The lowest BCUT2D eigenvalue weighted by atomic mass is 9.97. The normalized spacial score (nSPS) is 19.3. The van der Waals surface area contributed by atoms with Gasteiger partial charge in [0.1, 0.15) is 0 Å². The Hall–Kier alpha value is -3.49. The standard InChI is InChI=1S/C22H25N5O4/c1-15-13-19(28)25-17-5-2-3-6-18(17)27(15)20(29)14-31-21(30)16-7-11-26(12-8-16)22-23-9-4-10-24-22/h2-6,9-10,15-16H,7-8,11-14H2,1H3,(H,25,28). The first kappa shape index (κ1) is 20.8. The number of nitrogens with zero attached hydrogens (tertiary/aromatic N) is 4. The van der Waals surface area contributed by atoms with Crippen LogP contribution in [0, 0.1) is 5.92 Å². The fourth-order valence-corrected chi connectivity index (χ4v) is 4.06. The van der Waals surface area contributed by atoms with Crippen molar-refractivity contribution < 1.29 is 19.1 Å². The number of ether oxygens (including phenoxy) is 1. The van der Waals surface area contributed by atoms with E-state index in [4.69, 9.17) is 4.74 Å². The van der Waals surface area contributed by atoms with E-state index in [1.807, 2.05) is 11.8 Å². The van der Waals surface area contributed by atoms with Crippen LogP contribution < -0.4 is 15.1 Å². The molecule has 9 heteroatoms. The SMILES string of the molecule is CC1CC(=O)Nc2ccccc2N1C(=O)COC(=O)C1CCN(c2ncccn2)CC1. The minimum atomic E-state index is -0.369. The molecule has 1 aromatic carbocycles. The number of hydrogen-bond donors (Lipinski definition) is 1. The van der Waals surface area contributed by atoms with Crippen LogP contribution in [-0.4, -0.2) is 53.5 Å². The van der Waals surface area contributed by atoms with Crippen molar-refractivity contribution in [3.05, 3.63) is 42.7 Å². The molecule has 0 aliphatic carbocycles. The number of nitrogens with one attached hydrogen (secondary N) is 1. The van der Waals surface area contributed by atoms with Crippen LogP contribution in [0.4, 0.5) is 17.3 Å². The van der Waals surface area contributed by atoms with Crippen LogP contribution in [0.15, 0.2) is 42.7 Å². The molecule has 0 radical (unpaired) electrons. The maximum atomic E-state index is 12.9. The van der Waals surface area contributed by atoms with E-state index in [1.165, 1.54) is 4.90 Å². The Morgan fingerprint density at radius 1 is 1.13 bits per heavy atom. The summed E-state index contributed by atoms with van der Waals surface area (Å²) in [6.45, 7) is 2.76. The first-order chi connectivity index (χ1) is 15.0. The molecular weight excluding hydrogens is 398 g/mol. The lowest BCUT2D eigenvalue weighted by Crippen LogP contribution is -2.42. The number of fused-ring (bicyclic) bond motifs is 1. The third kappa shape index (κ3) is 4.65. The van der Waals surface area contributed by atoms with E-state index in [1.54, 1.807) is 42.7 Å². The molecule has 2 aliphatic rings. The van der Waals surface area contributed by atoms with Gasteiger partial charge in [0.05, 0.1) is 17.3 Å². The van der Waals surface area contributed by atoms with Crippen molar-refractivity contribution in [1.82, 2.24) is 9.97 Å². The second-order valence-corrected chi connectivity index (χ2v) is 7.80. The molecule has 4 rings (SSSR count). The van der Waals surface area contributed by atoms with E-state index in [0.717, 1.165) is 0 Å². The summed E-state index contributed by atoms with van der Waals surface area (Å²) >= 11 is 0. The number of carbonyl (C=O) groups is 3. The fraction of sp³-hybridized carbons (Fsp3) is 0.409. The Bertz CT molecular complexity index is 959. The number of rotatable bonds is 4. The molecule has 1 saturated heterocycles. The Labute approximate surface area is 180 Å². The van der Waals surface area contributed by atoms with E-state index in [-0.39, 0.29) is 42.8 Å². The van der Waals surface area contributed by atoms with E-state index in [2.05, 4.69) is 15.3 Å². The molecule has 0 spiro atoms. The quantitative estimate of drug-likeness (QED) is 0.750. The molecule has 2 aromatic rings. The summed E-state index contributed by atoms with van der Waals surface area (Å²) in [6, 6.07) is 8.55. The molecule has 1 fully saturated rings. The van der Waals surface area contributed by atoms with Crippen LogP contribution in [0.1, 0.15) is 26.2 Å². The molecule has 2 aliphatic heterocycles. The molecule has 9 nitrogen and oxygen atoms in total. The zero-order valence-corrected chi connectivity index (χ0v) is 17.4. The number of para-hydroxylation sites is 2. The van der Waals surface area contributed by atoms with E-state index in [0.29, 0.717) is 43.3 Å². The van der Waals surface area contributed by atoms with Crippen LogP contribution in [0.5, 0.6) is 0 Å².